The fourth-order valence-corrected chi connectivity index (χ4v) is 5.26. The average Bonchev–Trinajstić information content (AvgIpc) is 3.14. The zero-order valence-electron chi connectivity index (χ0n) is 18.2. The van der Waals surface area contributed by atoms with Crippen molar-refractivity contribution in [2.75, 3.05) is 28.2 Å². The van der Waals surface area contributed by atoms with Gasteiger partial charge in [-0.05, 0) is 48.7 Å². The Morgan fingerprint density at radius 2 is 1.94 bits per heavy atom. The average molecular weight is 483 g/mol. The summed E-state index contributed by atoms with van der Waals surface area (Å²) in [6.45, 7) is 2.38. The number of unbranched alkanes of at least 4 members (excludes halogenated alkanes) is 1. The van der Waals surface area contributed by atoms with Crippen molar-refractivity contribution in [3.05, 3.63) is 53.6 Å². The first-order valence-electron chi connectivity index (χ1n) is 10.6. The summed E-state index contributed by atoms with van der Waals surface area (Å²) in [5.41, 5.74) is 2.26. The predicted molar refractivity (Wildman–Crippen MR) is 127 cm³/mol. The molecule has 9 heteroatoms. The number of carbonyl (C=O) groups excluding carboxylic acids is 1. The molecule has 3 rings (SSSR count). The van der Waals surface area contributed by atoms with E-state index in [1.165, 1.54) is 11.8 Å². The molecular formula is C23H28F2N2O3S2. The molecular weight excluding hydrogens is 454 g/mol. The third kappa shape index (κ3) is 6.45. The first-order valence-corrected chi connectivity index (χ1v) is 13.5. The number of hydrogen-bond acceptors (Lipinski definition) is 4. The topological polar surface area (TPSA) is 66.5 Å². The Bertz CT molecular complexity index is 1070. The van der Waals surface area contributed by atoms with E-state index in [0.29, 0.717) is 25.1 Å². The van der Waals surface area contributed by atoms with Crippen molar-refractivity contribution in [1.82, 2.24) is 0 Å². The molecule has 0 fully saturated rings. The number of thioether (sulfide) groups is 1. The maximum atomic E-state index is 13.9. The standard InChI is InChI=1S/C23H28F2N2O3S2/c1-3-4-12-23(24,25)13-15-31-18-9-10-21-17(16-18)11-14-27(21)22(28)19-7-5-6-8-20(19)26-32(2,29)30/h5-10,16,26H,3-4,11-15H2,1-2H3. The largest absolute Gasteiger partial charge is 0.308 e. The molecule has 0 spiro atoms. The van der Waals surface area contributed by atoms with E-state index in [2.05, 4.69) is 4.72 Å². The van der Waals surface area contributed by atoms with Crippen LogP contribution in [0.1, 0.15) is 48.5 Å². The highest BCUT2D eigenvalue weighted by atomic mass is 32.2. The van der Waals surface area contributed by atoms with Crippen LogP contribution < -0.4 is 9.62 Å². The molecule has 32 heavy (non-hydrogen) atoms. The van der Waals surface area contributed by atoms with Crippen LogP contribution in [0, 0.1) is 0 Å². The van der Waals surface area contributed by atoms with E-state index in [4.69, 9.17) is 0 Å². The Kier molecular flexibility index (Phi) is 7.82. The second kappa shape index (κ2) is 10.2. The summed E-state index contributed by atoms with van der Waals surface area (Å²) < 4.78 is 53.4. The van der Waals surface area contributed by atoms with Crippen molar-refractivity contribution in [1.29, 1.82) is 0 Å². The van der Waals surface area contributed by atoms with Crippen LogP contribution in [0.25, 0.3) is 0 Å². The van der Waals surface area contributed by atoms with E-state index < -0.39 is 15.9 Å². The summed E-state index contributed by atoms with van der Waals surface area (Å²) >= 11 is 1.40. The SMILES string of the molecule is CCCCC(F)(F)CCSc1ccc2c(c1)CCN2C(=O)c1ccccc1NS(C)(=O)=O. The van der Waals surface area contributed by atoms with Crippen LogP contribution in [0.4, 0.5) is 20.2 Å². The van der Waals surface area contributed by atoms with Crippen molar-refractivity contribution in [2.45, 2.75) is 49.8 Å². The van der Waals surface area contributed by atoms with Crippen LogP contribution in [-0.2, 0) is 16.4 Å². The minimum absolute atomic E-state index is 0.0685. The van der Waals surface area contributed by atoms with Gasteiger partial charge in [-0.3, -0.25) is 9.52 Å². The predicted octanol–water partition coefficient (Wildman–Crippen LogP) is 5.57. The molecule has 1 heterocycles. The number of amides is 1. The molecule has 0 aliphatic carbocycles. The number of alkyl halides is 2. The van der Waals surface area contributed by atoms with Crippen molar-refractivity contribution >= 4 is 39.1 Å². The van der Waals surface area contributed by atoms with Gasteiger partial charge in [0.15, 0.2) is 0 Å². The van der Waals surface area contributed by atoms with Gasteiger partial charge in [0.05, 0.1) is 17.5 Å². The zero-order chi connectivity index (χ0) is 23.4. The van der Waals surface area contributed by atoms with Gasteiger partial charge in [0.25, 0.3) is 5.91 Å². The smallest absolute Gasteiger partial charge is 0.260 e. The van der Waals surface area contributed by atoms with Gasteiger partial charge >= 0.3 is 0 Å². The first-order chi connectivity index (χ1) is 15.1. The van der Waals surface area contributed by atoms with E-state index in [1.807, 2.05) is 25.1 Å². The molecule has 0 unspecified atom stereocenters. The quantitative estimate of drug-likeness (QED) is 0.450. The monoisotopic (exact) mass is 482 g/mol. The molecule has 2 aromatic rings. The number of nitrogens with zero attached hydrogens (tertiary/aromatic N) is 1. The Balaban J connectivity index is 1.69. The van der Waals surface area contributed by atoms with Gasteiger partial charge in [-0.2, -0.15) is 0 Å². The molecule has 1 N–H and O–H groups in total. The highest BCUT2D eigenvalue weighted by Gasteiger charge is 2.29. The van der Waals surface area contributed by atoms with Crippen LogP contribution in [0.5, 0.6) is 0 Å². The van der Waals surface area contributed by atoms with Gasteiger partial charge in [-0.15, -0.1) is 11.8 Å². The van der Waals surface area contributed by atoms with E-state index in [9.17, 15) is 22.0 Å². The summed E-state index contributed by atoms with van der Waals surface area (Å²) in [6, 6.07) is 12.1. The molecule has 0 saturated heterocycles. The highest BCUT2D eigenvalue weighted by molar-refractivity contribution is 7.99. The van der Waals surface area contributed by atoms with Crippen molar-refractivity contribution in [3.8, 4) is 0 Å². The second-order valence-electron chi connectivity index (χ2n) is 7.98. The third-order valence-electron chi connectivity index (χ3n) is 5.28. The Hall–Kier alpha value is -2.13. The van der Waals surface area contributed by atoms with Crippen LogP contribution >= 0.6 is 11.8 Å². The minimum Gasteiger partial charge on any atom is -0.308 e. The number of fused-ring (bicyclic) bond motifs is 1. The van der Waals surface area contributed by atoms with Crippen molar-refractivity contribution < 1.29 is 22.0 Å². The van der Waals surface area contributed by atoms with Crippen molar-refractivity contribution in [3.63, 3.8) is 0 Å². The number of rotatable bonds is 10. The van der Waals surface area contributed by atoms with Crippen LogP contribution in [-0.4, -0.2) is 38.8 Å². The van der Waals surface area contributed by atoms with Crippen LogP contribution in [0.15, 0.2) is 47.4 Å². The fraction of sp³-hybridized carbons (Fsp3) is 0.435. The van der Waals surface area contributed by atoms with Gasteiger partial charge in [0.1, 0.15) is 0 Å². The number of sulfonamides is 1. The van der Waals surface area contributed by atoms with E-state index in [-0.39, 0.29) is 30.0 Å². The molecule has 174 valence electrons. The Morgan fingerprint density at radius 3 is 2.66 bits per heavy atom. The molecule has 0 radical (unpaired) electrons. The summed E-state index contributed by atoms with van der Waals surface area (Å²) in [5.74, 6) is -2.58. The molecule has 0 atom stereocenters. The molecule has 5 nitrogen and oxygen atoms in total. The summed E-state index contributed by atoms with van der Waals surface area (Å²) in [4.78, 5) is 15.7. The molecule has 0 saturated carbocycles. The van der Waals surface area contributed by atoms with E-state index in [1.54, 1.807) is 29.2 Å². The molecule has 1 amide bonds. The number of halogens is 2. The maximum Gasteiger partial charge on any atom is 0.260 e. The third-order valence-corrected chi connectivity index (χ3v) is 6.86. The van der Waals surface area contributed by atoms with E-state index >= 15 is 0 Å². The number of carbonyl (C=O) groups is 1. The lowest BCUT2D eigenvalue weighted by molar-refractivity contribution is -0.0121. The molecule has 2 aromatic carbocycles. The summed E-state index contributed by atoms with van der Waals surface area (Å²) in [5, 5.41) is 0. The molecule has 1 aliphatic rings. The second-order valence-corrected chi connectivity index (χ2v) is 10.9. The van der Waals surface area contributed by atoms with Gasteiger partial charge in [0.2, 0.25) is 15.9 Å². The van der Waals surface area contributed by atoms with Crippen molar-refractivity contribution in [2.24, 2.45) is 0 Å². The number of hydrogen-bond donors (Lipinski definition) is 1. The first kappa shape index (κ1) is 24.5. The van der Waals surface area contributed by atoms with Gasteiger partial charge in [-0.1, -0.05) is 25.5 Å². The normalized spacial score (nSPS) is 13.8. The minimum atomic E-state index is -3.52. The van der Waals surface area contributed by atoms with Gasteiger partial charge < -0.3 is 4.90 Å². The van der Waals surface area contributed by atoms with Gasteiger partial charge in [-0.25, -0.2) is 17.2 Å². The number of nitrogens with one attached hydrogen (secondary N) is 1. The molecule has 0 bridgehead atoms. The summed E-state index contributed by atoms with van der Waals surface area (Å²) in [7, 11) is -3.52. The number of para-hydroxylation sites is 1. The summed E-state index contributed by atoms with van der Waals surface area (Å²) in [6.07, 6.45) is 2.77. The molecule has 1 aliphatic heterocycles. The fourth-order valence-electron chi connectivity index (χ4n) is 3.66. The zero-order valence-corrected chi connectivity index (χ0v) is 19.9. The maximum absolute atomic E-state index is 13.9. The van der Waals surface area contributed by atoms with Crippen LogP contribution in [0.2, 0.25) is 0 Å². The Labute approximate surface area is 192 Å². The highest BCUT2D eigenvalue weighted by Crippen LogP contribution is 2.35. The van der Waals surface area contributed by atoms with E-state index in [0.717, 1.165) is 28.8 Å². The number of benzene rings is 2. The number of anilines is 2. The van der Waals surface area contributed by atoms with Crippen LogP contribution in [0.3, 0.4) is 0 Å². The van der Waals surface area contributed by atoms with Gasteiger partial charge in [0, 0.05) is 35.7 Å². The molecule has 0 aromatic heterocycles. The lowest BCUT2D eigenvalue weighted by Crippen LogP contribution is -2.30. The Morgan fingerprint density at radius 1 is 1.19 bits per heavy atom. The lowest BCUT2D eigenvalue weighted by Gasteiger charge is -2.20. The lowest BCUT2D eigenvalue weighted by atomic mass is 10.1.